The summed E-state index contributed by atoms with van der Waals surface area (Å²) in [5.41, 5.74) is 5.14. The van der Waals surface area contributed by atoms with Crippen molar-refractivity contribution < 1.29 is 19.1 Å². The number of nitrogens with zero attached hydrogens (tertiary/aromatic N) is 2. The fourth-order valence-corrected chi connectivity index (χ4v) is 2.19. The molecule has 0 aromatic heterocycles. The number of phenolic OH excluding ortho intramolecular Hbond substituents is 1. The number of carbonyl (C=O) groups excluding carboxylic acids is 2. The molecule has 1 heterocycles. The summed E-state index contributed by atoms with van der Waals surface area (Å²) in [6.07, 6.45) is 0.588. The predicted molar refractivity (Wildman–Crippen MR) is 69.7 cm³/mol. The van der Waals surface area contributed by atoms with Crippen LogP contribution in [0.2, 0.25) is 0 Å². The van der Waals surface area contributed by atoms with Crippen LogP contribution in [0.15, 0.2) is 18.2 Å². The molecule has 1 aliphatic heterocycles. The highest BCUT2D eigenvalue weighted by molar-refractivity contribution is 5.96. The van der Waals surface area contributed by atoms with Gasteiger partial charge < -0.3 is 20.6 Å². The number of halogens is 1. The van der Waals surface area contributed by atoms with Crippen LogP contribution in [0.25, 0.3) is 0 Å². The fourth-order valence-electron chi connectivity index (χ4n) is 2.19. The zero-order valence-electron chi connectivity index (χ0n) is 10.9. The number of amides is 3. The number of hydrogen-bond donors (Lipinski definition) is 2. The third-order valence-corrected chi connectivity index (χ3v) is 3.28. The van der Waals surface area contributed by atoms with Crippen LogP contribution in [0.1, 0.15) is 16.8 Å². The number of rotatable bonds is 1. The molecule has 0 saturated carbocycles. The Labute approximate surface area is 115 Å². The van der Waals surface area contributed by atoms with Gasteiger partial charge in [-0.05, 0) is 24.6 Å². The van der Waals surface area contributed by atoms with Gasteiger partial charge in [0.1, 0.15) is 11.6 Å². The molecule has 1 aliphatic rings. The van der Waals surface area contributed by atoms with E-state index in [0.717, 1.165) is 18.2 Å². The van der Waals surface area contributed by atoms with Crippen LogP contribution in [0, 0.1) is 5.82 Å². The summed E-state index contributed by atoms with van der Waals surface area (Å²) in [6, 6.07) is 2.72. The maximum atomic E-state index is 13.2. The van der Waals surface area contributed by atoms with Gasteiger partial charge in [0.2, 0.25) is 0 Å². The van der Waals surface area contributed by atoms with Gasteiger partial charge in [0.05, 0.1) is 5.56 Å². The van der Waals surface area contributed by atoms with E-state index in [9.17, 15) is 19.1 Å². The van der Waals surface area contributed by atoms with Crippen LogP contribution < -0.4 is 5.73 Å². The first kappa shape index (κ1) is 14.1. The molecule has 6 nitrogen and oxygen atoms in total. The zero-order valence-corrected chi connectivity index (χ0v) is 10.9. The Morgan fingerprint density at radius 3 is 2.50 bits per heavy atom. The van der Waals surface area contributed by atoms with E-state index in [0.29, 0.717) is 32.6 Å². The van der Waals surface area contributed by atoms with Crippen molar-refractivity contribution in [3.63, 3.8) is 0 Å². The minimum atomic E-state index is -0.584. The van der Waals surface area contributed by atoms with Crippen LogP contribution in [0.3, 0.4) is 0 Å². The van der Waals surface area contributed by atoms with E-state index in [1.54, 1.807) is 0 Å². The molecule has 7 heteroatoms. The second-order valence-corrected chi connectivity index (χ2v) is 4.63. The van der Waals surface area contributed by atoms with Crippen LogP contribution in [-0.4, -0.2) is 53.0 Å². The standard InChI is InChI=1S/C13H16FN3O3/c14-9-2-3-11(18)10(8-9)12(19)16-4-1-5-17(7-6-16)13(15)20/h2-3,8,18H,1,4-7H2,(H2,15,20). The zero-order chi connectivity index (χ0) is 14.7. The molecule has 1 aromatic rings. The molecule has 3 amide bonds. The van der Waals surface area contributed by atoms with Crippen molar-refractivity contribution in [2.24, 2.45) is 5.73 Å². The predicted octanol–water partition coefficient (Wildman–Crippen LogP) is 0.758. The molecule has 2 rings (SSSR count). The van der Waals surface area contributed by atoms with Crippen molar-refractivity contribution in [1.82, 2.24) is 9.80 Å². The molecule has 0 bridgehead atoms. The Hall–Kier alpha value is -2.31. The topological polar surface area (TPSA) is 86.9 Å². The van der Waals surface area contributed by atoms with Gasteiger partial charge in [0.15, 0.2) is 0 Å². The van der Waals surface area contributed by atoms with E-state index >= 15 is 0 Å². The molecule has 0 spiro atoms. The number of aromatic hydroxyl groups is 1. The average Bonchev–Trinajstić information content (AvgIpc) is 2.66. The molecule has 20 heavy (non-hydrogen) atoms. The molecule has 3 N–H and O–H groups in total. The van der Waals surface area contributed by atoms with Crippen LogP contribution in [0.4, 0.5) is 9.18 Å². The Morgan fingerprint density at radius 2 is 1.80 bits per heavy atom. The van der Waals surface area contributed by atoms with E-state index in [1.807, 2.05) is 0 Å². The monoisotopic (exact) mass is 281 g/mol. The van der Waals surface area contributed by atoms with Gasteiger partial charge in [-0.3, -0.25) is 4.79 Å². The van der Waals surface area contributed by atoms with E-state index in [1.165, 1.54) is 9.80 Å². The van der Waals surface area contributed by atoms with Gasteiger partial charge in [-0.2, -0.15) is 0 Å². The van der Waals surface area contributed by atoms with Gasteiger partial charge in [-0.1, -0.05) is 0 Å². The third-order valence-electron chi connectivity index (χ3n) is 3.28. The molecule has 108 valence electrons. The first-order valence-electron chi connectivity index (χ1n) is 6.31. The average molecular weight is 281 g/mol. The van der Waals surface area contributed by atoms with E-state index in [-0.39, 0.29) is 11.3 Å². The number of carbonyl (C=O) groups is 2. The normalized spacial score (nSPS) is 15.8. The SMILES string of the molecule is NC(=O)N1CCCN(C(=O)c2cc(F)ccc2O)CC1. The largest absolute Gasteiger partial charge is 0.507 e. The second kappa shape index (κ2) is 5.77. The van der Waals surface area contributed by atoms with Gasteiger partial charge >= 0.3 is 6.03 Å². The highest BCUT2D eigenvalue weighted by Gasteiger charge is 2.23. The van der Waals surface area contributed by atoms with Crippen molar-refractivity contribution in [1.29, 1.82) is 0 Å². The Bertz CT molecular complexity index is 536. The summed E-state index contributed by atoms with van der Waals surface area (Å²) in [5.74, 6) is -1.29. The Morgan fingerprint density at radius 1 is 1.15 bits per heavy atom. The van der Waals surface area contributed by atoms with Crippen molar-refractivity contribution in [2.45, 2.75) is 6.42 Å². The lowest BCUT2D eigenvalue weighted by Crippen LogP contribution is -2.39. The maximum Gasteiger partial charge on any atom is 0.314 e. The summed E-state index contributed by atoms with van der Waals surface area (Å²) < 4.78 is 13.2. The molecular formula is C13H16FN3O3. The lowest BCUT2D eigenvalue weighted by Gasteiger charge is -2.21. The smallest absolute Gasteiger partial charge is 0.314 e. The molecule has 0 atom stereocenters. The van der Waals surface area contributed by atoms with Crippen molar-refractivity contribution in [2.75, 3.05) is 26.2 Å². The lowest BCUT2D eigenvalue weighted by molar-refractivity contribution is 0.0759. The van der Waals surface area contributed by atoms with Crippen LogP contribution in [-0.2, 0) is 0 Å². The summed E-state index contributed by atoms with van der Waals surface area (Å²) in [7, 11) is 0. The van der Waals surface area contributed by atoms with Gasteiger partial charge in [0.25, 0.3) is 5.91 Å². The minimum Gasteiger partial charge on any atom is -0.507 e. The molecule has 1 aromatic carbocycles. The molecule has 1 fully saturated rings. The molecule has 0 radical (unpaired) electrons. The summed E-state index contributed by atoms with van der Waals surface area (Å²) in [6.45, 7) is 1.54. The number of primary amides is 1. The number of hydrogen-bond acceptors (Lipinski definition) is 3. The lowest BCUT2D eigenvalue weighted by atomic mass is 10.1. The number of benzene rings is 1. The number of nitrogens with two attached hydrogens (primary N) is 1. The number of urea groups is 1. The van der Waals surface area contributed by atoms with Gasteiger partial charge in [0, 0.05) is 26.2 Å². The van der Waals surface area contributed by atoms with E-state index in [4.69, 9.17) is 5.73 Å². The first-order valence-corrected chi connectivity index (χ1v) is 6.31. The Balaban J connectivity index is 2.13. The first-order chi connectivity index (χ1) is 9.49. The van der Waals surface area contributed by atoms with E-state index < -0.39 is 17.8 Å². The third kappa shape index (κ3) is 2.98. The quantitative estimate of drug-likeness (QED) is 0.796. The minimum absolute atomic E-state index is 0.0717. The van der Waals surface area contributed by atoms with Gasteiger partial charge in [-0.15, -0.1) is 0 Å². The fraction of sp³-hybridized carbons (Fsp3) is 0.385. The van der Waals surface area contributed by atoms with Crippen LogP contribution >= 0.6 is 0 Å². The van der Waals surface area contributed by atoms with Crippen LogP contribution in [0.5, 0.6) is 5.75 Å². The highest BCUT2D eigenvalue weighted by Crippen LogP contribution is 2.20. The van der Waals surface area contributed by atoms with Crippen molar-refractivity contribution in [3.8, 4) is 5.75 Å². The maximum absolute atomic E-state index is 13.2. The van der Waals surface area contributed by atoms with Gasteiger partial charge in [-0.25, -0.2) is 9.18 Å². The summed E-state index contributed by atoms with van der Waals surface area (Å²) in [4.78, 5) is 26.3. The molecular weight excluding hydrogens is 265 g/mol. The highest BCUT2D eigenvalue weighted by atomic mass is 19.1. The summed E-state index contributed by atoms with van der Waals surface area (Å²) in [5, 5.41) is 9.65. The molecule has 0 aliphatic carbocycles. The van der Waals surface area contributed by atoms with E-state index in [2.05, 4.69) is 0 Å². The van der Waals surface area contributed by atoms with Crippen molar-refractivity contribution >= 4 is 11.9 Å². The Kier molecular flexibility index (Phi) is 4.07. The number of phenols is 1. The molecule has 1 saturated heterocycles. The second-order valence-electron chi connectivity index (χ2n) is 4.63. The molecule has 0 unspecified atom stereocenters. The summed E-state index contributed by atoms with van der Waals surface area (Å²) >= 11 is 0. The van der Waals surface area contributed by atoms with Crippen molar-refractivity contribution in [3.05, 3.63) is 29.6 Å².